The summed E-state index contributed by atoms with van der Waals surface area (Å²) in [5.41, 5.74) is 1.30. The van der Waals surface area contributed by atoms with E-state index in [1.807, 2.05) is 12.1 Å². The summed E-state index contributed by atoms with van der Waals surface area (Å²) < 4.78 is 16.6. The van der Waals surface area contributed by atoms with Gasteiger partial charge in [0, 0.05) is 0 Å². The number of rotatable bonds is 6. The second-order valence-corrected chi connectivity index (χ2v) is 9.09. The maximum atomic E-state index is 13.1. The van der Waals surface area contributed by atoms with E-state index in [2.05, 4.69) is 0 Å². The van der Waals surface area contributed by atoms with E-state index in [9.17, 15) is 9.59 Å². The molecule has 1 amide bonds. The van der Waals surface area contributed by atoms with Crippen molar-refractivity contribution in [1.82, 2.24) is 0 Å². The lowest BCUT2D eigenvalue weighted by Gasteiger charge is -2.17. The number of hydrogen-bond acceptors (Lipinski definition) is 8. The second kappa shape index (κ2) is 9.56. The number of ether oxygens (including phenoxy) is 3. The second-order valence-electron chi connectivity index (χ2n) is 6.47. The maximum absolute atomic E-state index is 13.1. The van der Waals surface area contributed by atoms with E-state index >= 15 is 0 Å². The first kappa shape index (κ1) is 22.1. The van der Waals surface area contributed by atoms with Gasteiger partial charge in [0.2, 0.25) is 0 Å². The molecule has 0 unspecified atom stereocenters. The van der Waals surface area contributed by atoms with Gasteiger partial charge in [-0.15, -0.1) is 11.3 Å². The Kier molecular flexibility index (Phi) is 6.59. The minimum Gasteiger partial charge on any atom is -0.495 e. The molecule has 2 aromatic carbocycles. The Balaban J connectivity index is 1.59. The van der Waals surface area contributed by atoms with Gasteiger partial charge in [0.15, 0.2) is 15.8 Å². The highest BCUT2D eigenvalue weighted by molar-refractivity contribution is 8.27. The number of amides is 1. The lowest BCUT2D eigenvalue weighted by molar-refractivity contribution is -0.113. The Bertz CT molecular complexity index is 1220. The molecule has 0 N–H and O–H groups in total. The molecule has 1 aromatic heterocycles. The molecule has 4 rings (SSSR count). The number of esters is 1. The molecule has 1 fully saturated rings. The average Bonchev–Trinajstić information content (AvgIpc) is 3.43. The van der Waals surface area contributed by atoms with E-state index in [1.165, 1.54) is 35.1 Å². The zero-order valence-electron chi connectivity index (χ0n) is 17.1. The molecule has 32 heavy (non-hydrogen) atoms. The van der Waals surface area contributed by atoms with Gasteiger partial charge < -0.3 is 14.2 Å². The van der Waals surface area contributed by atoms with Gasteiger partial charge in [0.1, 0.15) is 10.6 Å². The van der Waals surface area contributed by atoms with Crippen molar-refractivity contribution >= 4 is 63.3 Å². The standard InChI is InChI=1S/C23H17NO5S3/c1-27-16-7-4-3-6-15(16)24-21(25)20(32-23(24)30)13-14-9-10-17(18(12-14)28-2)29-22(26)19-8-5-11-31-19/h3-13H,1-2H3. The number of thiocarbonyl (C=S) groups is 1. The predicted octanol–water partition coefficient (Wildman–Crippen LogP) is 5.39. The van der Waals surface area contributed by atoms with Crippen LogP contribution in [-0.4, -0.2) is 30.4 Å². The minimum atomic E-state index is -0.455. The van der Waals surface area contributed by atoms with Gasteiger partial charge in [0.25, 0.3) is 5.91 Å². The number of thiophene rings is 1. The van der Waals surface area contributed by atoms with Crippen molar-refractivity contribution in [3.63, 3.8) is 0 Å². The SMILES string of the molecule is COc1cc(C=C2SC(=S)N(c3ccccc3OC)C2=O)ccc1OC(=O)c1cccs1. The van der Waals surface area contributed by atoms with E-state index in [4.69, 9.17) is 26.4 Å². The largest absolute Gasteiger partial charge is 0.495 e. The number of methoxy groups -OCH3 is 2. The molecule has 1 saturated heterocycles. The summed E-state index contributed by atoms with van der Waals surface area (Å²) in [6.07, 6.45) is 1.72. The van der Waals surface area contributed by atoms with Crippen LogP contribution in [0.4, 0.5) is 5.69 Å². The Morgan fingerprint density at radius 2 is 1.78 bits per heavy atom. The molecule has 0 saturated carbocycles. The number of carbonyl (C=O) groups is 2. The smallest absolute Gasteiger partial charge is 0.353 e. The lowest BCUT2D eigenvalue weighted by atomic mass is 10.1. The van der Waals surface area contributed by atoms with Gasteiger partial charge in [-0.05, 0) is 47.4 Å². The van der Waals surface area contributed by atoms with Crippen molar-refractivity contribution in [3.8, 4) is 17.2 Å². The van der Waals surface area contributed by atoms with Crippen LogP contribution in [0.15, 0.2) is 64.9 Å². The van der Waals surface area contributed by atoms with Crippen molar-refractivity contribution < 1.29 is 23.8 Å². The van der Waals surface area contributed by atoms with E-state index < -0.39 is 5.97 Å². The summed E-state index contributed by atoms with van der Waals surface area (Å²) in [5.74, 6) is 0.539. The molecule has 0 spiro atoms. The molecule has 9 heteroatoms. The number of carbonyl (C=O) groups excluding carboxylic acids is 2. The number of benzene rings is 2. The van der Waals surface area contributed by atoms with E-state index in [1.54, 1.807) is 61.0 Å². The van der Waals surface area contributed by atoms with Gasteiger partial charge in [-0.2, -0.15) is 0 Å². The summed E-state index contributed by atoms with van der Waals surface area (Å²) in [6, 6.07) is 15.8. The van der Waals surface area contributed by atoms with Crippen molar-refractivity contribution in [3.05, 3.63) is 75.3 Å². The Hall–Kier alpha value is -3.14. The van der Waals surface area contributed by atoms with Crippen LogP contribution in [0, 0.1) is 0 Å². The summed E-state index contributed by atoms with van der Waals surface area (Å²) in [4.78, 5) is 27.8. The van der Waals surface area contributed by atoms with Crippen LogP contribution in [0.25, 0.3) is 6.08 Å². The summed E-state index contributed by atoms with van der Waals surface area (Å²) in [7, 11) is 3.04. The number of nitrogens with zero attached hydrogens (tertiary/aromatic N) is 1. The molecular formula is C23H17NO5S3. The molecular weight excluding hydrogens is 466 g/mol. The van der Waals surface area contributed by atoms with Crippen LogP contribution in [-0.2, 0) is 4.79 Å². The summed E-state index contributed by atoms with van der Waals surface area (Å²) in [6.45, 7) is 0. The highest BCUT2D eigenvalue weighted by atomic mass is 32.2. The Morgan fingerprint density at radius 3 is 2.50 bits per heavy atom. The first-order valence-corrected chi connectivity index (χ1v) is 11.5. The van der Waals surface area contributed by atoms with E-state index in [0.29, 0.717) is 42.6 Å². The average molecular weight is 484 g/mol. The van der Waals surface area contributed by atoms with Gasteiger partial charge in [-0.3, -0.25) is 9.69 Å². The fraction of sp³-hybridized carbons (Fsp3) is 0.0870. The molecule has 0 aliphatic carbocycles. The van der Waals surface area contributed by atoms with Crippen LogP contribution >= 0.6 is 35.3 Å². The molecule has 0 bridgehead atoms. The molecule has 1 aliphatic rings. The molecule has 2 heterocycles. The monoisotopic (exact) mass is 483 g/mol. The van der Waals surface area contributed by atoms with Gasteiger partial charge >= 0.3 is 5.97 Å². The highest BCUT2D eigenvalue weighted by Crippen LogP contribution is 2.40. The molecule has 1 aliphatic heterocycles. The first-order chi connectivity index (χ1) is 15.5. The minimum absolute atomic E-state index is 0.239. The molecule has 6 nitrogen and oxygen atoms in total. The Morgan fingerprint density at radius 1 is 1.00 bits per heavy atom. The fourth-order valence-electron chi connectivity index (χ4n) is 3.04. The topological polar surface area (TPSA) is 65.1 Å². The third-order valence-corrected chi connectivity index (χ3v) is 6.68. The van der Waals surface area contributed by atoms with Gasteiger partial charge in [-0.1, -0.05) is 48.2 Å². The van der Waals surface area contributed by atoms with Crippen LogP contribution in [0.2, 0.25) is 0 Å². The van der Waals surface area contributed by atoms with Crippen LogP contribution in [0.5, 0.6) is 17.2 Å². The van der Waals surface area contributed by atoms with Crippen molar-refractivity contribution in [2.75, 3.05) is 19.1 Å². The molecule has 0 atom stereocenters. The number of hydrogen-bond donors (Lipinski definition) is 0. The zero-order valence-corrected chi connectivity index (χ0v) is 19.5. The highest BCUT2D eigenvalue weighted by Gasteiger charge is 2.34. The maximum Gasteiger partial charge on any atom is 0.353 e. The van der Waals surface area contributed by atoms with Gasteiger partial charge in [0.05, 0.1) is 24.8 Å². The predicted molar refractivity (Wildman–Crippen MR) is 131 cm³/mol. The van der Waals surface area contributed by atoms with Crippen molar-refractivity contribution in [1.29, 1.82) is 0 Å². The quantitative estimate of drug-likeness (QED) is 0.202. The molecule has 3 aromatic rings. The van der Waals surface area contributed by atoms with E-state index in [-0.39, 0.29) is 5.91 Å². The normalized spacial score (nSPS) is 14.7. The number of anilines is 1. The van der Waals surface area contributed by atoms with Crippen molar-refractivity contribution in [2.45, 2.75) is 0 Å². The third-order valence-electron chi connectivity index (χ3n) is 4.53. The lowest BCUT2D eigenvalue weighted by Crippen LogP contribution is -2.27. The van der Waals surface area contributed by atoms with Gasteiger partial charge in [-0.25, -0.2) is 4.79 Å². The van der Waals surface area contributed by atoms with E-state index in [0.717, 1.165) is 0 Å². The van der Waals surface area contributed by atoms with Crippen molar-refractivity contribution in [2.24, 2.45) is 0 Å². The summed E-state index contributed by atoms with van der Waals surface area (Å²) in [5, 5.41) is 1.80. The van der Waals surface area contributed by atoms with Crippen LogP contribution in [0.3, 0.4) is 0 Å². The first-order valence-electron chi connectivity index (χ1n) is 9.36. The fourth-order valence-corrected chi connectivity index (χ4v) is 4.93. The zero-order chi connectivity index (χ0) is 22.7. The Labute approximate surface area is 198 Å². The molecule has 0 radical (unpaired) electrons. The number of thioether (sulfide) groups is 1. The summed E-state index contributed by atoms with van der Waals surface area (Å²) >= 11 is 7.95. The number of para-hydroxylation sites is 2. The molecule has 162 valence electrons. The van der Waals surface area contributed by atoms with Crippen LogP contribution in [0.1, 0.15) is 15.2 Å². The van der Waals surface area contributed by atoms with Crippen LogP contribution < -0.4 is 19.1 Å². The third kappa shape index (κ3) is 4.40.